The van der Waals surface area contributed by atoms with Gasteiger partial charge in [-0.1, -0.05) is 48.2 Å². The monoisotopic (exact) mass is 426 g/mol. The first-order chi connectivity index (χ1) is 12.8. The molecule has 3 rings (SSSR count). The zero-order valence-corrected chi connectivity index (χ0v) is 16.9. The molecule has 144 valence electrons. The van der Waals surface area contributed by atoms with E-state index in [9.17, 15) is 13.2 Å². The fourth-order valence-corrected chi connectivity index (χ4v) is 4.53. The minimum atomic E-state index is -3.78. The average molecular weight is 427 g/mol. The molecule has 0 unspecified atom stereocenters. The molecule has 2 aromatic carbocycles. The number of carbonyl (C=O) groups excluding carboxylic acids is 1. The molecule has 0 saturated heterocycles. The van der Waals surface area contributed by atoms with Gasteiger partial charge >= 0.3 is 0 Å². The SMILES string of the molecule is O=C(Cc1ccc(NS(=O)(=O)c2ccc(Cl)c(Cl)c2)cc1)NC1CCCC1. The number of rotatable bonds is 6. The maximum atomic E-state index is 12.4. The highest BCUT2D eigenvalue weighted by atomic mass is 35.5. The summed E-state index contributed by atoms with van der Waals surface area (Å²) < 4.78 is 27.4. The third kappa shape index (κ3) is 5.37. The number of sulfonamides is 1. The zero-order valence-electron chi connectivity index (χ0n) is 14.5. The molecule has 1 saturated carbocycles. The van der Waals surface area contributed by atoms with Crippen LogP contribution in [0.25, 0.3) is 0 Å². The van der Waals surface area contributed by atoms with Gasteiger partial charge in [0.2, 0.25) is 5.91 Å². The largest absolute Gasteiger partial charge is 0.353 e. The third-order valence-electron chi connectivity index (χ3n) is 4.49. The van der Waals surface area contributed by atoms with Crippen LogP contribution < -0.4 is 10.0 Å². The van der Waals surface area contributed by atoms with Gasteiger partial charge in [-0.2, -0.15) is 0 Å². The molecule has 1 fully saturated rings. The molecule has 0 aliphatic heterocycles. The van der Waals surface area contributed by atoms with Gasteiger partial charge in [-0.15, -0.1) is 0 Å². The minimum Gasteiger partial charge on any atom is -0.353 e. The molecule has 8 heteroatoms. The van der Waals surface area contributed by atoms with Gasteiger partial charge in [0, 0.05) is 11.7 Å². The van der Waals surface area contributed by atoms with E-state index in [0.29, 0.717) is 5.69 Å². The van der Waals surface area contributed by atoms with Crippen LogP contribution in [-0.2, 0) is 21.2 Å². The Hall–Kier alpha value is -1.76. The predicted molar refractivity (Wildman–Crippen MR) is 108 cm³/mol. The Kier molecular flexibility index (Phi) is 6.29. The van der Waals surface area contributed by atoms with Crippen LogP contribution in [-0.4, -0.2) is 20.4 Å². The Morgan fingerprint density at radius 2 is 1.67 bits per heavy atom. The van der Waals surface area contributed by atoms with Crippen LogP contribution in [0.15, 0.2) is 47.4 Å². The third-order valence-corrected chi connectivity index (χ3v) is 6.61. The molecule has 0 atom stereocenters. The molecule has 0 bridgehead atoms. The van der Waals surface area contributed by atoms with Gasteiger partial charge < -0.3 is 5.32 Å². The van der Waals surface area contributed by atoms with Gasteiger partial charge in [-0.25, -0.2) is 8.42 Å². The van der Waals surface area contributed by atoms with E-state index in [4.69, 9.17) is 23.2 Å². The first-order valence-electron chi connectivity index (χ1n) is 8.70. The van der Waals surface area contributed by atoms with E-state index in [-0.39, 0.29) is 33.3 Å². The van der Waals surface area contributed by atoms with Crippen molar-refractivity contribution >= 4 is 44.8 Å². The Balaban J connectivity index is 1.62. The highest BCUT2D eigenvalue weighted by Crippen LogP contribution is 2.26. The number of hydrogen-bond donors (Lipinski definition) is 2. The zero-order chi connectivity index (χ0) is 19.4. The molecule has 5 nitrogen and oxygen atoms in total. The van der Waals surface area contributed by atoms with Crippen molar-refractivity contribution in [3.8, 4) is 0 Å². The van der Waals surface area contributed by atoms with Crippen molar-refractivity contribution in [2.45, 2.75) is 43.0 Å². The van der Waals surface area contributed by atoms with Crippen LogP contribution in [0, 0.1) is 0 Å². The number of amides is 1. The van der Waals surface area contributed by atoms with Gasteiger partial charge in [0.15, 0.2) is 0 Å². The van der Waals surface area contributed by atoms with Crippen LogP contribution in [0.5, 0.6) is 0 Å². The maximum absolute atomic E-state index is 12.4. The quantitative estimate of drug-likeness (QED) is 0.718. The van der Waals surface area contributed by atoms with Crippen molar-refractivity contribution in [3.05, 3.63) is 58.1 Å². The van der Waals surface area contributed by atoms with E-state index in [1.54, 1.807) is 24.3 Å². The molecule has 1 aliphatic carbocycles. The van der Waals surface area contributed by atoms with Crippen molar-refractivity contribution in [2.75, 3.05) is 4.72 Å². The molecule has 27 heavy (non-hydrogen) atoms. The summed E-state index contributed by atoms with van der Waals surface area (Å²) in [5.74, 6) is -0.00830. The van der Waals surface area contributed by atoms with Gasteiger partial charge in [0.05, 0.1) is 21.4 Å². The second-order valence-corrected chi connectivity index (χ2v) is 9.10. The second-order valence-electron chi connectivity index (χ2n) is 6.60. The molecule has 2 aromatic rings. The molecule has 1 amide bonds. The summed E-state index contributed by atoms with van der Waals surface area (Å²) in [7, 11) is -3.78. The fraction of sp³-hybridized carbons (Fsp3) is 0.316. The van der Waals surface area contributed by atoms with E-state index in [1.807, 2.05) is 0 Å². The number of hydrogen-bond acceptors (Lipinski definition) is 3. The highest BCUT2D eigenvalue weighted by Gasteiger charge is 2.18. The minimum absolute atomic E-state index is 0.00830. The van der Waals surface area contributed by atoms with Crippen LogP contribution in [0.2, 0.25) is 10.0 Å². The van der Waals surface area contributed by atoms with E-state index < -0.39 is 10.0 Å². The Labute approximate surface area is 169 Å². The Bertz CT molecular complexity index is 924. The summed E-state index contributed by atoms with van der Waals surface area (Å²) in [6, 6.07) is 11.1. The number of benzene rings is 2. The van der Waals surface area contributed by atoms with Gasteiger partial charge in [-0.05, 0) is 48.7 Å². The van der Waals surface area contributed by atoms with Crippen LogP contribution >= 0.6 is 23.2 Å². The van der Waals surface area contributed by atoms with E-state index in [1.165, 1.54) is 31.0 Å². The average Bonchev–Trinajstić information content (AvgIpc) is 3.11. The lowest BCUT2D eigenvalue weighted by atomic mass is 10.1. The predicted octanol–water partition coefficient (Wildman–Crippen LogP) is 4.40. The fourth-order valence-electron chi connectivity index (χ4n) is 3.08. The van der Waals surface area contributed by atoms with Crippen molar-refractivity contribution in [1.29, 1.82) is 0 Å². The Morgan fingerprint density at radius 3 is 2.30 bits per heavy atom. The van der Waals surface area contributed by atoms with Crippen molar-refractivity contribution in [1.82, 2.24) is 5.32 Å². The Morgan fingerprint density at radius 1 is 1.00 bits per heavy atom. The molecular formula is C19H20Cl2N2O3S. The summed E-state index contributed by atoms with van der Waals surface area (Å²) in [4.78, 5) is 12.1. The van der Waals surface area contributed by atoms with Crippen molar-refractivity contribution in [2.24, 2.45) is 0 Å². The number of carbonyl (C=O) groups is 1. The first kappa shape index (κ1) is 20.0. The lowest BCUT2D eigenvalue weighted by molar-refractivity contribution is -0.121. The lowest BCUT2D eigenvalue weighted by Gasteiger charge is -2.12. The van der Waals surface area contributed by atoms with Crippen molar-refractivity contribution < 1.29 is 13.2 Å². The molecule has 2 N–H and O–H groups in total. The maximum Gasteiger partial charge on any atom is 0.261 e. The van der Waals surface area contributed by atoms with Gasteiger partial charge in [-0.3, -0.25) is 9.52 Å². The summed E-state index contributed by atoms with van der Waals surface area (Å²) in [6.07, 6.45) is 4.69. The topological polar surface area (TPSA) is 75.3 Å². The normalized spacial score (nSPS) is 14.9. The molecule has 0 spiro atoms. The summed E-state index contributed by atoms with van der Waals surface area (Å²) in [5.41, 5.74) is 1.23. The molecule has 0 heterocycles. The van der Waals surface area contributed by atoms with Crippen LogP contribution in [0.1, 0.15) is 31.2 Å². The first-order valence-corrected chi connectivity index (χ1v) is 10.9. The van der Waals surface area contributed by atoms with E-state index in [2.05, 4.69) is 10.0 Å². The second kappa shape index (κ2) is 8.50. The van der Waals surface area contributed by atoms with Crippen LogP contribution in [0.3, 0.4) is 0 Å². The summed E-state index contributed by atoms with van der Waals surface area (Å²) >= 11 is 11.7. The van der Waals surface area contributed by atoms with Gasteiger partial charge in [0.25, 0.3) is 10.0 Å². The van der Waals surface area contributed by atoms with E-state index >= 15 is 0 Å². The van der Waals surface area contributed by atoms with E-state index in [0.717, 1.165) is 18.4 Å². The standard InChI is InChI=1S/C19H20Cl2N2O3S/c20-17-10-9-16(12-18(17)21)27(25,26)23-15-7-5-13(6-8-15)11-19(24)22-14-3-1-2-4-14/h5-10,12,14,23H,1-4,11H2,(H,22,24). The molecule has 1 aliphatic rings. The number of nitrogens with one attached hydrogen (secondary N) is 2. The van der Waals surface area contributed by atoms with Gasteiger partial charge in [0.1, 0.15) is 0 Å². The summed E-state index contributed by atoms with van der Waals surface area (Å²) in [6.45, 7) is 0. The molecular weight excluding hydrogens is 407 g/mol. The smallest absolute Gasteiger partial charge is 0.261 e. The lowest BCUT2D eigenvalue weighted by Crippen LogP contribution is -2.33. The number of anilines is 1. The highest BCUT2D eigenvalue weighted by molar-refractivity contribution is 7.92. The molecule has 0 aromatic heterocycles. The number of halogens is 2. The molecule has 0 radical (unpaired) electrons. The van der Waals surface area contributed by atoms with Crippen LogP contribution in [0.4, 0.5) is 5.69 Å². The van der Waals surface area contributed by atoms with Crippen molar-refractivity contribution in [3.63, 3.8) is 0 Å². The summed E-state index contributed by atoms with van der Waals surface area (Å²) in [5, 5.41) is 3.50.